The van der Waals surface area contributed by atoms with Crippen LogP contribution in [0.3, 0.4) is 0 Å². The van der Waals surface area contributed by atoms with E-state index < -0.39 is 0 Å². The Morgan fingerprint density at radius 3 is 2.89 bits per heavy atom. The lowest BCUT2D eigenvalue weighted by molar-refractivity contribution is 0.676. The Kier molecular flexibility index (Phi) is 4.09. The standard InChI is InChI=1S/C13H18BrN3S/c14-11-7-12(17-13(16-11)9-4-5-9)15-8-10-3-1-2-6-18-10/h7,9-10H,1-6,8H2,(H,15,16,17). The van der Waals surface area contributed by atoms with Crippen molar-refractivity contribution in [2.24, 2.45) is 0 Å². The van der Waals surface area contributed by atoms with Gasteiger partial charge in [0.15, 0.2) is 0 Å². The number of halogens is 1. The Morgan fingerprint density at radius 2 is 2.17 bits per heavy atom. The van der Waals surface area contributed by atoms with Crippen molar-refractivity contribution in [3.8, 4) is 0 Å². The van der Waals surface area contributed by atoms with E-state index in [1.807, 2.05) is 6.07 Å². The number of anilines is 1. The number of hydrogen-bond donors (Lipinski definition) is 1. The first-order valence-corrected chi connectivity index (χ1v) is 8.55. The zero-order valence-corrected chi connectivity index (χ0v) is 12.8. The molecule has 0 spiro atoms. The van der Waals surface area contributed by atoms with Crippen LogP contribution in [0.2, 0.25) is 0 Å². The Hall–Kier alpha value is -0.290. The predicted molar refractivity (Wildman–Crippen MR) is 80.3 cm³/mol. The van der Waals surface area contributed by atoms with Crippen LogP contribution >= 0.6 is 27.7 Å². The zero-order chi connectivity index (χ0) is 12.4. The van der Waals surface area contributed by atoms with Crippen molar-refractivity contribution in [1.82, 2.24) is 9.97 Å². The molecule has 98 valence electrons. The van der Waals surface area contributed by atoms with Crippen LogP contribution in [-0.4, -0.2) is 27.5 Å². The van der Waals surface area contributed by atoms with E-state index in [4.69, 9.17) is 0 Å². The number of nitrogens with zero attached hydrogens (tertiary/aromatic N) is 2. The molecule has 0 radical (unpaired) electrons. The normalized spacial score (nSPS) is 23.9. The molecule has 1 atom stereocenters. The van der Waals surface area contributed by atoms with Gasteiger partial charge in [-0.3, -0.25) is 0 Å². The summed E-state index contributed by atoms with van der Waals surface area (Å²) in [7, 11) is 0. The number of thioether (sulfide) groups is 1. The van der Waals surface area contributed by atoms with Crippen molar-refractivity contribution in [3.05, 3.63) is 16.5 Å². The Morgan fingerprint density at radius 1 is 1.28 bits per heavy atom. The molecule has 1 saturated heterocycles. The van der Waals surface area contributed by atoms with E-state index in [1.54, 1.807) is 0 Å². The fourth-order valence-corrected chi connectivity index (χ4v) is 3.87. The molecular formula is C13H18BrN3S. The van der Waals surface area contributed by atoms with Gasteiger partial charge in [0.2, 0.25) is 0 Å². The van der Waals surface area contributed by atoms with Crippen LogP contribution in [0.25, 0.3) is 0 Å². The Bertz CT molecular complexity index is 417. The fraction of sp³-hybridized carbons (Fsp3) is 0.692. The summed E-state index contributed by atoms with van der Waals surface area (Å²) in [5.41, 5.74) is 0. The molecule has 1 aromatic heterocycles. The molecule has 2 aliphatic rings. The summed E-state index contributed by atoms with van der Waals surface area (Å²) in [6.07, 6.45) is 6.58. The first-order valence-electron chi connectivity index (χ1n) is 6.71. The maximum absolute atomic E-state index is 4.62. The Labute approximate surface area is 121 Å². The van der Waals surface area contributed by atoms with Crippen LogP contribution < -0.4 is 5.32 Å². The van der Waals surface area contributed by atoms with Crippen LogP contribution in [0.15, 0.2) is 10.7 Å². The van der Waals surface area contributed by atoms with Crippen molar-refractivity contribution in [2.75, 3.05) is 17.6 Å². The summed E-state index contributed by atoms with van der Waals surface area (Å²) in [5.74, 6) is 3.90. The molecule has 1 aromatic rings. The van der Waals surface area contributed by atoms with Crippen molar-refractivity contribution in [2.45, 2.75) is 43.3 Å². The lowest BCUT2D eigenvalue weighted by atomic mass is 10.2. The van der Waals surface area contributed by atoms with Gasteiger partial charge >= 0.3 is 0 Å². The van der Waals surface area contributed by atoms with Gasteiger partial charge in [0.25, 0.3) is 0 Å². The van der Waals surface area contributed by atoms with Gasteiger partial charge in [-0.15, -0.1) is 0 Å². The fourth-order valence-electron chi connectivity index (χ4n) is 2.24. The maximum Gasteiger partial charge on any atom is 0.135 e. The third-order valence-corrected chi connectivity index (χ3v) is 5.24. The highest BCUT2D eigenvalue weighted by Gasteiger charge is 2.27. The second-order valence-electron chi connectivity index (χ2n) is 5.08. The topological polar surface area (TPSA) is 37.8 Å². The number of aromatic nitrogens is 2. The van der Waals surface area contributed by atoms with Gasteiger partial charge in [0.1, 0.15) is 16.2 Å². The van der Waals surface area contributed by atoms with Crippen molar-refractivity contribution < 1.29 is 0 Å². The molecule has 18 heavy (non-hydrogen) atoms. The molecule has 1 saturated carbocycles. The van der Waals surface area contributed by atoms with Gasteiger partial charge in [-0.2, -0.15) is 11.8 Å². The number of rotatable bonds is 4. The maximum atomic E-state index is 4.62. The van der Waals surface area contributed by atoms with E-state index in [2.05, 4.69) is 43.0 Å². The lowest BCUT2D eigenvalue weighted by Gasteiger charge is -2.21. The summed E-state index contributed by atoms with van der Waals surface area (Å²) >= 11 is 5.57. The van der Waals surface area contributed by atoms with Crippen LogP contribution in [0, 0.1) is 0 Å². The molecule has 3 nitrogen and oxygen atoms in total. The van der Waals surface area contributed by atoms with E-state index in [0.717, 1.165) is 28.0 Å². The van der Waals surface area contributed by atoms with E-state index >= 15 is 0 Å². The molecule has 3 rings (SSSR count). The summed E-state index contributed by atoms with van der Waals surface area (Å²) in [5, 5.41) is 4.22. The van der Waals surface area contributed by atoms with Crippen molar-refractivity contribution >= 4 is 33.5 Å². The molecule has 2 heterocycles. The molecule has 1 aliphatic carbocycles. The summed E-state index contributed by atoms with van der Waals surface area (Å²) in [4.78, 5) is 9.07. The molecule has 2 fully saturated rings. The SMILES string of the molecule is Brc1cc(NCC2CCCCS2)nc(C2CC2)n1. The van der Waals surface area contributed by atoms with Gasteiger partial charge in [0, 0.05) is 23.8 Å². The average Bonchev–Trinajstić information content (AvgIpc) is 3.21. The summed E-state index contributed by atoms with van der Waals surface area (Å²) in [6.45, 7) is 1.03. The molecule has 1 unspecified atom stereocenters. The molecular weight excluding hydrogens is 310 g/mol. The minimum atomic E-state index is 0.604. The molecule has 0 bridgehead atoms. The van der Waals surface area contributed by atoms with Crippen molar-refractivity contribution in [1.29, 1.82) is 0 Å². The summed E-state index contributed by atoms with van der Waals surface area (Å²) in [6, 6.07) is 1.99. The van der Waals surface area contributed by atoms with Crippen LogP contribution in [0.4, 0.5) is 5.82 Å². The lowest BCUT2D eigenvalue weighted by Crippen LogP contribution is -2.20. The monoisotopic (exact) mass is 327 g/mol. The van der Waals surface area contributed by atoms with Crippen molar-refractivity contribution in [3.63, 3.8) is 0 Å². The first-order chi connectivity index (χ1) is 8.81. The zero-order valence-electron chi connectivity index (χ0n) is 10.4. The smallest absolute Gasteiger partial charge is 0.135 e. The van der Waals surface area contributed by atoms with E-state index in [0.29, 0.717) is 5.92 Å². The number of hydrogen-bond acceptors (Lipinski definition) is 4. The average molecular weight is 328 g/mol. The van der Waals surface area contributed by atoms with Gasteiger partial charge in [-0.1, -0.05) is 6.42 Å². The van der Waals surface area contributed by atoms with Crippen LogP contribution in [0.1, 0.15) is 43.8 Å². The largest absolute Gasteiger partial charge is 0.369 e. The van der Waals surface area contributed by atoms with Gasteiger partial charge in [0.05, 0.1) is 0 Å². The van der Waals surface area contributed by atoms with Gasteiger partial charge in [-0.05, 0) is 47.4 Å². The minimum absolute atomic E-state index is 0.604. The molecule has 1 N–H and O–H groups in total. The van der Waals surface area contributed by atoms with E-state index in [-0.39, 0.29) is 0 Å². The van der Waals surface area contributed by atoms with Gasteiger partial charge in [-0.25, -0.2) is 9.97 Å². The number of nitrogens with one attached hydrogen (secondary N) is 1. The molecule has 1 aliphatic heterocycles. The highest BCUT2D eigenvalue weighted by atomic mass is 79.9. The second kappa shape index (κ2) is 5.78. The highest BCUT2D eigenvalue weighted by molar-refractivity contribution is 9.10. The third-order valence-electron chi connectivity index (χ3n) is 3.44. The van der Waals surface area contributed by atoms with E-state index in [1.165, 1.54) is 37.9 Å². The van der Waals surface area contributed by atoms with Crippen LogP contribution in [0.5, 0.6) is 0 Å². The molecule has 0 amide bonds. The Balaban J connectivity index is 1.60. The third kappa shape index (κ3) is 3.38. The van der Waals surface area contributed by atoms with Crippen LogP contribution in [-0.2, 0) is 0 Å². The molecule has 0 aromatic carbocycles. The molecule has 5 heteroatoms. The summed E-state index contributed by atoms with van der Waals surface area (Å²) < 4.78 is 0.901. The predicted octanol–water partition coefficient (Wildman–Crippen LogP) is 3.81. The quantitative estimate of drug-likeness (QED) is 0.853. The first kappa shape index (κ1) is 12.7. The van der Waals surface area contributed by atoms with E-state index in [9.17, 15) is 0 Å². The van der Waals surface area contributed by atoms with Gasteiger partial charge < -0.3 is 5.32 Å². The highest BCUT2D eigenvalue weighted by Crippen LogP contribution is 2.38. The minimum Gasteiger partial charge on any atom is -0.369 e. The second-order valence-corrected chi connectivity index (χ2v) is 7.30.